The van der Waals surface area contributed by atoms with Gasteiger partial charge in [-0.25, -0.2) is 9.59 Å². The number of rotatable bonds is 5. The minimum absolute atomic E-state index is 0.223. The van der Waals surface area contributed by atoms with E-state index in [-0.39, 0.29) is 5.91 Å². The van der Waals surface area contributed by atoms with Crippen LogP contribution < -0.4 is 5.32 Å². The van der Waals surface area contributed by atoms with E-state index in [1.54, 1.807) is 21.0 Å². The minimum Gasteiger partial charge on any atom is -0.479 e. The Morgan fingerprint density at radius 3 is 2.48 bits per heavy atom. The van der Waals surface area contributed by atoms with E-state index < -0.39 is 23.6 Å². The molecule has 1 heterocycles. The highest BCUT2D eigenvalue weighted by Gasteiger charge is 2.49. The average Bonchev–Trinajstić information content (AvgIpc) is 2.83. The Hall–Kier alpha value is -1.79. The van der Waals surface area contributed by atoms with Crippen molar-refractivity contribution in [2.24, 2.45) is 0 Å². The number of hydrogen-bond donors (Lipinski definition) is 2. The third-order valence-corrected chi connectivity index (χ3v) is 3.95. The molecule has 2 unspecified atom stereocenters. The number of carboxylic acids is 1. The van der Waals surface area contributed by atoms with Crippen LogP contribution >= 0.6 is 0 Å². The molecule has 1 aliphatic heterocycles. The molecule has 2 atom stereocenters. The first-order valence-electron chi connectivity index (χ1n) is 7.29. The first kappa shape index (κ1) is 17.3. The summed E-state index contributed by atoms with van der Waals surface area (Å²) in [5.41, 5.74) is -1.14. The number of aliphatic carboxylic acids is 1. The molecule has 1 aliphatic rings. The number of urea groups is 1. The van der Waals surface area contributed by atoms with Gasteiger partial charge in [-0.15, -0.1) is 0 Å². The molecule has 2 N–H and O–H groups in total. The summed E-state index contributed by atoms with van der Waals surface area (Å²) in [5.74, 6) is -1.19. The van der Waals surface area contributed by atoms with Crippen LogP contribution in [-0.2, 0) is 9.59 Å². The van der Waals surface area contributed by atoms with Gasteiger partial charge in [0, 0.05) is 20.6 Å². The van der Waals surface area contributed by atoms with Gasteiger partial charge in [-0.3, -0.25) is 4.79 Å². The normalized spacial score (nSPS) is 22.8. The van der Waals surface area contributed by atoms with Crippen molar-refractivity contribution in [2.75, 3.05) is 20.6 Å². The van der Waals surface area contributed by atoms with Crippen LogP contribution in [0.2, 0.25) is 0 Å². The fourth-order valence-corrected chi connectivity index (χ4v) is 2.89. The van der Waals surface area contributed by atoms with E-state index in [0.717, 1.165) is 0 Å². The van der Waals surface area contributed by atoms with Crippen molar-refractivity contribution in [3.63, 3.8) is 0 Å². The number of carbonyl (C=O) groups excluding carboxylic acids is 2. The maximum Gasteiger partial charge on any atom is 0.329 e. The lowest BCUT2D eigenvalue weighted by atomic mass is 9.91. The van der Waals surface area contributed by atoms with Crippen molar-refractivity contribution in [1.82, 2.24) is 15.1 Å². The third kappa shape index (κ3) is 3.46. The number of carbonyl (C=O) groups is 3. The predicted molar refractivity (Wildman–Crippen MR) is 77.9 cm³/mol. The molecule has 7 heteroatoms. The van der Waals surface area contributed by atoms with Crippen LogP contribution in [0.1, 0.15) is 39.5 Å². The van der Waals surface area contributed by atoms with Gasteiger partial charge >= 0.3 is 12.0 Å². The molecule has 0 bridgehead atoms. The molecule has 0 aliphatic carbocycles. The fraction of sp³-hybridized carbons (Fsp3) is 0.786. The maximum atomic E-state index is 12.4. The van der Waals surface area contributed by atoms with Crippen LogP contribution in [0.5, 0.6) is 0 Å². The number of nitrogens with zero attached hydrogens (tertiary/aromatic N) is 2. The second-order valence-electron chi connectivity index (χ2n) is 5.75. The highest BCUT2D eigenvalue weighted by molar-refractivity contribution is 5.90. The van der Waals surface area contributed by atoms with Crippen LogP contribution in [0, 0.1) is 0 Å². The molecule has 1 rings (SSSR count). The summed E-state index contributed by atoms with van der Waals surface area (Å²) in [5, 5.41) is 12.2. The second kappa shape index (κ2) is 6.78. The quantitative estimate of drug-likeness (QED) is 0.789. The lowest BCUT2D eigenvalue weighted by Crippen LogP contribution is -2.58. The number of carboxylic acid groups (broad SMARTS) is 1. The fourth-order valence-electron chi connectivity index (χ4n) is 2.89. The molecule has 120 valence electrons. The Morgan fingerprint density at radius 1 is 1.38 bits per heavy atom. The number of amides is 3. The monoisotopic (exact) mass is 299 g/mol. The van der Waals surface area contributed by atoms with E-state index in [4.69, 9.17) is 0 Å². The predicted octanol–water partition coefficient (Wildman–Crippen LogP) is 0.892. The summed E-state index contributed by atoms with van der Waals surface area (Å²) in [4.78, 5) is 38.6. The zero-order valence-electron chi connectivity index (χ0n) is 13.2. The zero-order chi connectivity index (χ0) is 16.2. The summed E-state index contributed by atoms with van der Waals surface area (Å²) < 4.78 is 0. The summed E-state index contributed by atoms with van der Waals surface area (Å²) >= 11 is 0. The summed E-state index contributed by atoms with van der Waals surface area (Å²) in [7, 11) is 3.22. The Bertz CT molecular complexity index is 424. The van der Waals surface area contributed by atoms with Crippen molar-refractivity contribution in [3.05, 3.63) is 0 Å². The molecule has 21 heavy (non-hydrogen) atoms. The van der Waals surface area contributed by atoms with Crippen LogP contribution in [0.3, 0.4) is 0 Å². The molecule has 1 fully saturated rings. The van der Waals surface area contributed by atoms with E-state index in [1.807, 2.05) is 6.92 Å². The van der Waals surface area contributed by atoms with Gasteiger partial charge in [0.25, 0.3) is 0 Å². The molecule has 1 saturated heterocycles. The molecule has 0 spiro atoms. The minimum atomic E-state index is -1.14. The second-order valence-corrected chi connectivity index (χ2v) is 5.75. The molecule has 3 amide bonds. The number of likely N-dealkylation sites (N-methyl/N-ethyl adjacent to an activating group) is 1. The Kier molecular flexibility index (Phi) is 5.57. The van der Waals surface area contributed by atoms with Gasteiger partial charge in [0.1, 0.15) is 11.6 Å². The summed E-state index contributed by atoms with van der Waals surface area (Å²) in [6.45, 7) is 3.90. The van der Waals surface area contributed by atoms with Crippen molar-refractivity contribution >= 4 is 17.9 Å². The van der Waals surface area contributed by atoms with Crippen molar-refractivity contribution < 1.29 is 19.5 Å². The Labute approximate surface area is 125 Å². The molecule has 0 aromatic heterocycles. The van der Waals surface area contributed by atoms with Gasteiger partial charge < -0.3 is 20.2 Å². The SMILES string of the molecule is CCCC1(C(=O)O)CCCN1C(=O)NC(C)C(=O)N(C)C. The molecule has 7 nitrogen and oxygen atoms in total. The van der Waals surface area contributed by atoms with E-state index in [9.17, 15) is 19.5 Å². The molecule has 0 aromatic rings. The molecule has 0 radical (unpaired) electrons. The molecule has 0 aromatic carbocycles. The highest BCUT2D eigenvalue weighted by Crippen LogP contribution is 2.34. The zero-order valence-corrected chi connectivity index (χ0v) is 13.2. The van der Waals surface area contributed by atoms with E-state index in [0.29, 0.717) is 32.2 Å². The van der Waals surface area contributed by atoms with E-state index >= 15 is 0 Å². The van der Waals surface area contributed by atoms with Crippen LogP contribution in [-0.4, -0.2) is 65.0 Å². The van der Waals surface area contributed by atoms with Crippen LogP contribution in [0.4, 0.5) is 4.79 Å². The lowest BCUT2D eigenvalue weighted by molar-refractivity contribution is -0.148. The first-order valence-corrected chi connectivity index (χ1v) is 7.29. The lowest BCUT2D eigenvalue weighted by Gasteiger charge is -2.35. The third-order valence-electron chi connectivity index (χ3n) is 3.95. The number of hydrogen-bond acceptors (Lipinski definition) is 3. The molecular weight excluding hydrogens is 274 g/mol. The molecule has 0 saturated carbocycles. The van der Waals surface area contributed by atoms with Gasteiger partial charge in [0.15, 0.2) is 0 Å². The Balaban J connectivity index is 2.85. The van der Waals surface area contributed by atoms with Gasteiger partial charge in [0.05, 0.1) is 0 Å². The van der Waals surface area contributed by atoms with Crippen molar-refractivity contribution in [3.8, 4) is 0 Å². The van der Waals surface area contributed by atoms with Gasteiger partial charge in [-0.05, 0) is 26.2 Å². The molecular formula is C14H25N3O4. The highest BCUT2D eigenvalue weighted by atomic mass is 16.4. The van der Waals surface area contributed by atoms with E-state index in [2.05, 4.69) is 5.32 Å². The first-order chi connectivity index (χ1) is 9.76. The Morgan fingerprint density at radius 2 is 2.00 bits per heavy atom. The standard InChI is InChI=1S/C14H25N3O4/c1-5-7-14(12(19)20)8-6-9-17(14)13(21)15-10(2)11(18)16(3)4/h10H,5-9H2,1-4H3,(H,15,21)(H,19,20). The smallest absolute Gasteiger partial charge is 0.329 e. The number of likely N-dealkylation sites (tertiary alicyclic amines) is 1. The van der Waals surface area contributed by atoms with Crippen molar-refractivity contribution in [1.29, 1.82) is 0 Å². The topological polar surface area (TPSA) is 90.0 Å². The van der Waals surface area contributed by atoms with Crippen LogP contribution in [0.25, 0.3) is 0 Å². The summed E-state index contributed by atoms with van der Waals surface area (Å²) in [6, 6.07) is -1.16. The summed E-state index contributed by atoms with van der Waals surface area (Å²) in [6.07, 6.45) is 2.23. The van der Waals surface area contributed by atoms with Gasteiger partial charge in [-0.1, -0.05) is 13.3 Å². The van der Waals surface area contributed by atoms with Crippen molar-refractivity contribution in [2.45, 2.75) is 51.1 Å². The number of nitrogens with one attached hydrogen (secondary N) is 1. The largest absolute Gasteiger partial charge is 0.479 e. The van der Waals surface area contributed by atoms with E-state index in [1.165, 1.54) is 9.80 Å². The van der Waals surface area contributed by atoms with Gasteiger partial charge in [-0.2, -0.15) is 0 Å². The maximum absolute atomic E-state index is 12.4. The van der Waals surface area contributed by atoms with Crippen LogP contribution in [0.15, 0.2) is 0 Å². The van der Waals surface area contributed by atoms with Gasteiger partial charge in [0.2, 0.25) is 5.91 Å². The average molecular weight is 299 g/mol.